The minimum Gasteiger partial charge on any atom is -0.497 e. The number of aliphatic hydroxyl groups is 1. The monoisotopic (exact) mass is 519 g/mol. The molecule has 6 nitrogen and oxygen atoms in total. The number of methoxy groups -OCH3 is 3. The van der Waals surface area contributed by atoms with Gasteiger partial charge in [-0.25, -0.2) is 0 Å². The van der Waals surface area contributed by atoms with Gasteiger partial charge in [-0.3, -0.25) is 0 Å². The van der Waals surface area contributed by atoms with Crippen LogP contribution in [0.25, 0.3) is 0 Å². The van der Waals surface area contributed by atoms with Crippen LogP contribution in [0.4, 0.5) is 5.69 Å². The summed E-state index contributed by atoms with van der Waals surface area (Å²) in [6.07, 6.45) is -1.02. The number of hydrogen-bond acceptors (Lipinski definition) is 6. The van der Waals surface area contributed by atoms with E-state index in [4.69, 9.17) is 30.5 Å². The van der Waals surface area contributed by atoms with Crippen LogP contribution in [0.1, 0.15) is 28.4 Å². The van der Waals surface area contributed by atoms with Crippen LogP contribution >= 0.6 is 11.6 Å². The molecule has 0 bridgehead atoms. The third kappa shape index (κ3) is 6.28. The number of para-hydroxylation sites is 1. The van der Waals surface area contributed by atoms with Crippen molar-refractivity contribution in [2.75, 3.05) is 26.6 Å². The minimum absolute atomic E-state index is 0.379. The third-order valence-electron chi connectivity index (χ3n) is 6.02. The zero-order valence-electron chi connectivity index (χ0n) is 21.0. The Kier molecular flexibility index (Phi) is 8.77. The van der Waals surface area contributed by atoms with Gasteiger partial charge in [-0.1, -0.05) is 54.1 Å². The van der Waals surface area contributed by atoms with Gasteiger partial charge in [-0.2, -0.15) is 0 Å². The summed E-state index contributed by atoms with van der Waals surface area (Å²) in [5, 5.41) is 15.4. The molecule has 37 heavy (non-hydrogen) atoms. The van der Waals surface area contributed by atoms with Crippen LogP contribution in [-0.2, 0) is 13.2 Å². The first-order chi connectivity index (χ1) is 18.0. The Hall–Kier alpha value is -3.87. The molecule has 0 aliphatic carbocycles. The molecule has 1 unspecified atom stereocenters. The first-order valence-corrected chi connectivity index (χ1v) is 12.2. The Morgan fingerprint density at radius 3 is 2.32 bits per heavy atom. The SMILES string of the molecule is COc1ccc(CNc2ccc(Cl)cc2C(O)c2cccc(OCc3ccccc3)c2OC)c(OC)c1. The van der Waals surface area contributed by atoms with Gasteiger partial charge in [-0.05, 0) is 42.0 Å². The molecule has 4 aromatic carbocycles. The fraction of sp³-hybridized carbons (Fsp3) is 0.200. The van der Waals surface area contributed by atoms with Gasteiger partial charge >= 0.3 is 0 Å². The number of hydrogen-bond donors (Lipinski definition) is 2. The highest BCUT2D eigenvalue weighted by Gasteiger charge is 2.22. The highest BCUT2D eigenvalue weighted by atomic mass is 35.5. The second kappa shape index (κ2) is 12.4. The van der Waals surface area contributed by atoms with Crippen molar-refractivity contribution in [3.05, 3.63) is 112 Å². The first-order valence-electron chi connectivity index (χ1n) is 11.8. The van der Waals surface area contributed by atoms with Crippen molar-refractivity contribution in [3.63, 3.8) is 0 Å². The van der Waals surface area contributed by atoms with Gasteiger partial charge in [0.1, 0.15) is 24.2 Å². The normalized spacial score (nSPS) is 11.5. The lowest BCUT2D eigenvalue weighted by Crippen LogP contribution is -2.09. The molecule has 0 saturated carbocycles. The average Bonchev–Trinajstić information content (AvgIpc) is 2.95. The van der Waals surface area contributed by atoms with E-state index in [0.29, 0.717) is 52.3 Å². The van der Waals surface area contributed by atoms with Crippen molar-refractivity contribution in [3.8, 4) is 23.0 Å². The van der Waals surface area contributed by atoms with Crippen LogP contribution in [0.3, 0.4) is 0 Å². The average molecular weight is 520 g/mol. The van der Waals surface area contributed by atoms with E-state index in [-0.39, 0.29) is 0 Å². The Morgan fingerprint density at radius 1 is 0.784 bits per heavy atom. The first kappa shape index (κ1) is 26.2. The lowest BCUT2D eigenvalue weighted by atomic mass is 9.98. The molecule has 7 heteroatoms. The van der Waals surface area contributed by atoms with Gasteiger partial charge < -0.3 is 29.4 Å². The number of ether oxygens (including phenoxy) is 4. The predicted octanol–water partition coefficient (Wildman–Crippen LogP) is 6.64. The lowest BCUT2D eigenvalue weighted by Gasteiger charge is -2.21. The Labute approximate surface area is 222 Å². The third-order valence-corrected chi connectivity index (χ3v) is 6.25. The molecule has 0 radical (unpaired) electrons. The molecule has 0 aromatic heterocycles. The number of halogens is 1. The summed E-state index contributed by atoms with van der Waals surface area (Å²) >= 11 is 6.34. The molecule has 4 aromatic rings. The predicted molar refractivity (Wildman–Crippen MR) is 146 cm³/mol. The maximum Gasteiger partial charge on any atom is 0.166 e. The standard InChI is InChI=1S/C30H30ClNO5/c1-34-23-14-12-21(28(17-23)35-2)18-32-26-15-13-22(31)16-25(26)29(33)24-10-7-11-27(30(24)36-3)37-19-20-8-5-4-6-9-20/h4-17,29,32-33H,18-19H2,1-3H3. The summed E-state index contributed by atoms with van der Waals surface area (Å²) in [5.41, 5.74) is 3.88. The van der Waals surface area contributed by atoms with Crippen molar-refractivity contribution in [2.24, 2.45) is 0 Å². The molecular formula is C30H30ClNO5. The summed E-state index contributed by atoms with van der Waals surface area (Å²) in [7, 11) is 4.80. The van der Waals surface area contributed by atoms with E-state index in [1.54, 1.807) is 33.5 Å². The van der Waals surface area contributed by atoms with Crippen molar-refractivity contribution < 1.29 is 24.1 Å². The van der Waals surface area contributed by atoms with Crippen LogP contribution in [-0.4, -0.2) is 26.4 Å². The fourth-order valence-corrected chi connectivity index (χ4v) is 4.27. The quantitative estimate of drug-likeness (QED) is 0.231. The van der Waals surface area contributed by atoms with Crippen LogP contribution in [0, 0.1) is 0 Å². The molecule has 0 aliphatic heterocycles. The van der Waals surface area contributed by atoms with E-state index < -0.39 is 6.10 Å². The molecule has 4 rings (SSSR count). The molecule has 0 aliphatic rings. The lowest BCUT2D eigenvalue weighted by molar-refractivity contribution is 0.211. The molecular weight excluding hydrogens is 490 g/mol. The maximum absolute atomic E-state index is 11.5. The van der Waals surface area contributed by atoms with E-state index in [0.717, 1.165) is 16.8 Å². The van der Waals surface area contributed by atoms with E-state index in [1.165, 1.54) is 0 Å². The summed E-state index contributed by atoms with van der Waals surface area (Å²) in [6, 6.07) is 26.4. The van der Waals surface area contributed by atoms with Crippen molar-refractivity contribution in [2.45, 2.75) is 19.3 Å². The molecule has 0 amide bonds. The number of aliphatic hydroxyl groups excluding tert-OH is 1. The Morgan fingerprint density at radius 2 is 1.59 bits per heavy atom. The Balaban J connectivity index is 1.60. The number of rotatable bonds is 11. The number of benzene rings is 4. The maximum atomic E-state index is 11.5. The largest absolute Gasteiger partial charge is 0.497 e. The van der Waals surface area contributed by atoms with Crippen LogP contribution in [0.2, 0.25) is 5.02 Å². The zero-order chi connectivity index (χ0) is 26.2. The van der Waals surface area contributed by atoms with E-state index in [2.05, 4.69) is 5.32 Å². The molecule has 0 saturated heterocycles. The molecule has 1 atom stereocenters. The van der Waals surface area contributed by atoms with Crippen LogP contribution in [0.5, 0.6) is 23.0 Å². The van der Waals surface area contributed by atoms with Gasteiger partial charge in [0.2, 0.25) is 0 Å². The van der Waals surface area contributed by atoms with Gasteiger partial charge in [0.15, 0.2) is 11.5 Å². The molecule has 192 valence electrons. The van der Waals surface area contributed by atoms with E-state index >= 15 is 0 Å². The summed E-state index contributed by atoms with van der Waals surface area (Å²) < 4.78 is 22.5. The topological polar surface area (TPSA) is 69.2 Å². The zero-order valence-corrected chi connectivity index (χ0v) is 21.8. The van der Waals surface area contributed by atoms with Crippen LogP contribution in [0.15, 0.2) is 84.9 Å². The molecule has 2 N–H and O–H groups in total. The van der Waals surface area contributed by atoms with Gasteiger partial charge in [0.25, 0.3) is 0 Å². The smallest absolute Gasteiger partial charge is 0.166 e. The van der Waals surface area contributed by atoms with Gasteiger partial charge in [-0.15, -0.1) is 0 Å². The van der Waals surface area contributed by atoms with Gasteiger partial charge in [0.05, 0.1) is 21.3 Å². The van der Waals surface area contributed by atoms with Crippen molar-refractivity contribution in [1.29, 1.82) is 0 Å². The summed E-state index contributed by atoms with van der Waals surface area (Å²) in [6.45, 7) is 0.844. The molecule has 0 spiro atoms. The fourth-order valence-electron chi connectivity index (χ4n) is 4.09. The molecule has 0 heterocycles. The van der Waals surface area contributed by atoms with Crippen molar-refractivity contribution in [1.82, 2.24) is 0 Å². The summed E-state index contributed by atoms with van der Waals surface area (Å²) in [4.78, 5) is 0. The number of nitrogens with one attached hydrogen (secondary N) is 1. The van der Waals surface area contributed by atoms with Gasteiger partial charge in [0, 0.05) is 40.0 Å². The molecule has 0 fully saturated rings. The van der Waals surface area contributed by atoms with E-state index in [1.807, 2.05) is 72.8 Å². The highest BCUT2D eigenvalue weighted by molar-refractivity contribution is 6.30. The number of anilines is 1. The highest BCUT2D eigenvalue weighted by Crippen LogP contribution is 2.40. The van der Waals surface area contributed by atoms with Crippen molar-refractivity contribution >= 4 is 17.3 Å². The minimum atomic E-state index is -1.02. The Bertz CT molecular complexity index is 1330. The second-order valence-electron chi connectivity index (χ2n) is 8.32. The van der Waals surface area contributed by atoms with Crippen LogP contribution < -0.4 is 24.3 Å². The van der Waals surface area contributed by atoms with E-state index in [9.17, 15) is 5.11 Å². The summed E-state index contributed by atoms with van der Waals surface area (Å²) in [5.74, 6) is 2.42. The second-order valence-corrected chi connectivity index (χ2v) is 8.75.